The van der Waals surface area contributed by atoms with Gasteiger partial charge >= 0.3 is 0 Å². The van der Waals surface area contributed by atoms with Gasteiger partial charge in [0.25, 0.3) is 0 Å². The van der Waals surface area contributed by atoms with Gasteiger partial charge in [-0.2, -0.15) is 4.52 Å². The number of tetrazole rings is 1. The van der Waals surface area contributed by atoms with E-state index in [0.717, 1.165) is 25.1 Å². The predicted octanol–water partition coefficient (Wildman–Crippen LogP) is 0.0764. The molecule has 1 atom stereocenters. The maximum atomic E-state index is 5.22. The van der Waals surface area contributed by atoms with Crippen LogP contribution in [-0.4, -0.2) is 51.3 Å². The van der Waals surface area contributed by atoms with E-state index in [1.54, 1.807) is 24.0 Å². The van der Waals surface area contributed by atoms with Gasteiger partial charge in [0.05, 0.1) is 18.5 Å². The zero-order valence-corrected chi connectivity index (χ0v) is 10.7. The lowest BCUT2D eigenvalue weighted by molar-refractivity contribution is 0.165. The van der Waals surface area contributed by atoms with E-state index in [9.17, 15) is 0 Å². The third-order valence-corrected chi connectivity index (χ3v) is 2.69. The molecule has 0 amide bonds. The molecule has 0 radical (unpaired) electrons. The Morgan fingerprint density at radius 1 is 1.44 bits per heavy atom. The van der Waals surface area contributed by atoms with Crippen molar-refractivity contribution in [2.24, 2.45) is 0 Å². The first-order chi connectivity index (χ1) is 8.85. The van der Waals surface area contributed by atoms with Crippen molar-refractivity contribution in [3.8, 4) is 0 Å². The highest BCUT2D eigenvalue weighted by Crippen LogP contribution is 2.04. The molecule has 0 aliphatic rings. The normalized spacial score (nSPS) is 13.0. The molecule has 7 nitrogen and oxygen atoms in total. The van der Waals surface area contributed by atoms with Gasteiger partial charge in [-0.15, -0.1) is 5.10 Å². The second-order valence-corrected chi connectivity index (χ2v) is 4.16. The van der Waals surface area contributed by atoms with Crippen molar-refractivity contribution in [1.82, 2.24) is 30.3 Å². The van der Waals surface area contributed by atoms with Crippen LogP contribution in [-0.2, 0) is 11.2 Å². The molecular formula is C11H18N6O. The third kappa shape index (κ3) is 2.99. The molecule has 0 aliphatic carbocycles. The molecule has 0 fully saturated rings. The van der Waals surface area contributed by atoms with Gasteiger partial charge in [0.2, 0.25) is 0 Å². The molecule has 1 unspecified atom stereocenters. The second-order valence-electron chi connectivity index (χ2n) is 4.16. The number of nitrogens with zero attached hydrogens (tertiary/aromatic N) is 5. The molecule has 18 heavy (non-hydrogen) atoms. The Kier molecular flexibility index (Phi) is 4.54. The van der Waals surface area contributed by atoms with Gasteiger partial charge < -0.3 is 10.1 Å². The fourth-order valence-electron chi connectivity index (χ4n) is 1.86. The molecule has 0 aliphatic heterocycles. The van der Waals surface area contributed by atoms with Crippen LogP contribution in [0.5, 0.6) is 0 Å². The lowest BCUT2D eigenvalue weighted by Crippen LogP contribution is -2.36. The number of hydrogen-bond acceptors (Lipinski definition) is 6. The molecule has 2 aromatic heterocycles. The van der Waals surface area contributed by atoms with Crippen molar-refractivity contribution in [1.29, 1.82) is 0 Å². The minimum Gasteiger partial charge on any atom is -0.383 e. The summed E-state index contributed by atoms with van der Waals surface area (Å²) in [6.07, 6.45) is 5.31. The molecule has 0 aromatic carbocycles. The number of rotatable bonds is 7. The average molecular weight is 250 g/mol. The van der Waals surface area contributed by atoms with Crippen LogP contribution >= 0.6 is 0 Å². The van der Waals surface area contributed by atoms with E-state index in [1.807, 2.05) is 0 Å². The van der Waals surface area contributed by atoms with Crippen LogP contribution in [0.15, 0.2) is 12.4 Å². The molecule has 0 bridgehead atoms. The number of nitrogens with one attached hydrogen (secondary N) is 1. The molecule has 0 saturated heterocycles. The smallest absolute Gasteiger partial charge is 0.197 e. The number of methoxy groups -OCH3 is 1. The molecule has 2 rings (SSSR count). The van der Waals surface area contributed by atoms with E-state index in [2.05, 4.69) is 32.7 Å². The maximum Gasteiger partial charge on any atom is 0.197 e. The van der Waals surface area contributed by atoms with E-state index in [1.165, 1.54) is 0 Å². The van der Waals surface area contributed by atoms with Crippen LogP contribution in [0.25, 0.3) is 5.65 Å². The van der Waals surface area contributed by atoms with Crippen molar-refractivity contribution in [3.63, 3.8) is 0 Å². The largest absolute Gasteiger partial charge is 0.383 e. The zero-order chi connectivity index (χ0) is 12.8. The second kappa shape index (κ2) is 6.36. The molecular weight excluding hydrogens is 232 g/mol. The Hall–Kier alpha value is -1.60. The van der Waals surface area contributed by atoms with E-state index < -0.39 is 0 Å². The van der Waals surface area contributed by atoms with Crippen molar-refractivity contribution < 1.29 is 4.74 Å². The Balaban J connectivity index is 2.12. The summed E-state index contributed by atoms with van der Waals surface area (Å²) in [5.74, 6) is 0. The van der Waals surface area contributed by atoms with Crippen LogP contribution in [0.3, 0.4) is 0 Å². The maximum absolute atomic E-state index is 5.22. The SMILES string of the molecule is CCCNC(COC)Cc1cncc2nnnn12. The highest BCUT2D eigenvalue weighted by molar-refractivity contribution is 5.32. The van der Waals surface area contributed by atoms with Crippen molar-refractivity contribution in [2.75, 3.05) is 20.3 Å². The van der Waals surface area contributed by atoms with Crippen molar-refractivity contribution in [2.45, 2.75) is 25.8 Å². The van der Waals surface area contributed by atoms with Crippen LogP contribution < -0.4 is 5.32 Å². The first-order valence-corrected chi connectivity index (χ1v) is 6.08. The van der Waals surface area contributed by atoms with E-state index in [4.69, 9.17) is 4.74 Å². The van der Waals surface area contributed by atoms with Crippen LogP contribution in [0.1, 0.15) is 19.0 Å². The summed E-state index contributed by atoms with van der Waals surface area (Å²) in [6, 6.07) is 0.242. The first-order valence-electron chi connectivity index (χ1n) is 6.08. The molecule has 1 N–H and O–H groups in total. The average Bonchev–Trinajstić information content (AvgIpc) is 2.85. The van der Waals surface area contributed by atoms with Crippen molar-refractivity contribution >= 4 is 5.65 Å². The quantitative estimate of drug-likeness (QED) is 0.749. The predicted molar refractivity (Wildman–Crippen MR) is 66.2 cm³/mol. The molecule has 2 heterocycles. The number of fused-ring (bicyclic) bond motifs is 1. The van der Waals surface area contributed by atoms with Gasteiger partial charge in [0.1, 0.15) is 0 Å². The van der Waals surface area contributed by atoms with Gasteiger partial charge in [-0.05, 0) is 23.4 Å². The number of hydrogen-bond donors (Lipinski definition) is 1. The minimum atomic E-state index is 0.242. The summed E-state index contributed by atoms with van der Waals surface area (Å²) in [7, 11) is 1.70. The van der Waals surface area contributed by atoms with Gasteiger partial charge in [-0.25, -0.2) is 0 Å². The minimum absolute atomic E-state index is 0.242. The van der Waals surface area contributed by atoms with Gasteiger partial charge in [0.15, 0.2) is 5.65 Å². The molecule has 2 aromatic rings. The molecule has 7 heteroatoms. The summed E-state index contributed by atoms with van der Waals surface area (Å²) in [5.41, 5.74) is 1.64. The fraction of sp³-hybridized carbons (Fsp3) is 0.636. The van der Waals surface area contributed by atoms with Gasteiger partial charge in [0, 0.05) is 25.8 Å². The van der Waals surface area contributed by atoms with Crippen LogP contribution in [0, 0.1) is 0 Å². The summed E-state index contributed by atoms with van der Waals surface area (Å²) >= 11 is 0. The number of aromatic nitrogens is 5. The summed E-state index contributed by atoms with van der Waals surface area (Å²) in [4.78, 5) is 4.15. The highest BCUT2D eigenvalue weighted by atomic mass is 16.5. The van der Waals surface area contributed by atoms with E-state index >= 15 is 0 Å². The summed E-state index contributed by atoms with van der Waals surface area (Å²) in [6.45, 7) is 3.76. The molecule has 0 spiro atoms. The zero-order valence-electron chi connectivity index (χ0n) is 10.7. The Morgan fingerprint density at radius 3 is 3.11 bits per heavy atom. The number of ether oxygens (including phenoxy) is 1. The highest BCUT2D eigenvalue weighted by Gasteiger charge is 2.12. The molecule has 0 saturated carbocycles. The topological polar surface area (TPSA) is 77.2 Å². The standard InChI is InChI=1S/C11H18N6O/c1-3-4-13-9(8-18-2)5-10-6-12-7-11-14-15-16-17(10)11/h6-7,9,13H,3-5,8H2,1-2H3. The third-order valence-electron chi connectivity index (χ3n) is 2.69. The van der Waals surface area contributed by atoms with Crippen LogP contribution in [0.4, 0.5) is 0 Å². The van der Waals surface area contributed by atoms with Crippen molar-refractivity contribution in [3.05, 3.63) is 18.1 Å². The first kappa shape index (κ1) is 12.8. The van der Waals surface area contributed by atoms with Crippen LogP contribution in [0.2, 0.25) is 0 Å². The lowest BCUT2D eigenvalue weighted by atomic mass is 10.1. The van der Waals surface area contributed by atoms with E-state index in [-0.39, 0.29) is 6.04 Å². The lowest BCUT2D eigenvalue weighted by Gasteiger charge is -2.17. The van der Waals surface area contributed by atoms with Gasteiger partial charge in [-0.1, -0.05) is 6.92 Å². The Morgan fingerprint density at radius 2 is 2.33 bits per heavy atom. The molecule has 98 valence electrons. The monoisotopic (exact) mass is 250 g/mol. The summed E-state index contributed by atoms with van der Waals surface area (Å²) < 4.78 is 6.93. The fourth-order valence-corrected chi connectivity index (χ4v) is 1.86. The Bertz CT molecular complexity index is 485. The Labute approximate surface area is 106 Å². The van der Waals surface area contributed by atoms with Gasteiger partial charge in [-0.3, -0.25) is 4.98 Å². The summed E-state index contributed by atoms with van der Waals surface area (Å²) in [5, 5.41) is 14.9. The van der Waals surface area contributed by atoms with E-state index in [0.29, 0.717) is 12.3 Å².